The van der Waals surface area contributed by atoms with Gasteiger partial charge in [-0.15, -0.1) is 0 Å². The molecule has 0 spiro atoms. The van der Waals surface area contributed by atoms with Crippen molar-refractivity contribution in [1.82, 2.24) is 0 Å². The second-order valence-corrected chi connectivity index (χ2v) is 7.56. The van der Waals surface area contributed by atoms with Crippen LogP contribution in [0, 0.1) is 22.2 Å². The Hall–Kier alpha value is 0. The first-order valence-electron chi connectivity index (χ1n) is 6.08. The molecule has 0 radical (unpaired) electrons. The third-order valence-corrected chi connectivity index (χ3v) is 4.29. The molecule has 0 atom stereocenters. The molecule has 1 aliphatic carbocycles. The number of rotatable bonds is 3. The summed E-state index contributed by atoms with van der Waals surface area (Å²) in [5.41, 5.74) is 1.69. The first-order chi connectivity index (χ1) is 6.08. The summed E-state index contributed by atoms with van der Waals surface area (Å²) in [5, 5.41) is 0. The average molecular weight is 196 g/mol. The summed E-state index contributed by atoms with van der Waals surface area (Å²) in [6.45, 7) is 16.9. The Morgan fingerprint density at radius 3 is 1.79 bits per heavy atom. The van der Waals surface area contributed by atoms with E-state index in [1.807, 2.05) is 0 Å². The summed E-state index contributed by atoms with van der Waals surface area (Å²) in [4.78, 5) is 0. The summed E-state index contributed by atoms with van der Waals surface area (Å²) in [6.07, 6.45) is 4.17. The van der Waals surface area contributed by atoms with Gasteiger partial charge in [0.1, 0.15) is 0 Å². The lowest BCUT2D eigenvalue weighted by molar-refractivity contribution is -0.0977. The molecule has 0 N–H and O–H groups in total. The standard InChI is InChI=1S/C14H28/c1-11(2)8-13(5,6)14(7)9-12(3,4)10-14/h11H,8-10H2,1-7H3. The molecule has 0 saturated heterocycles. The predicted molar refractivity (Wildman–Crippen MR) is 64.4 cm³/mol. The van der Waals surface area contributed by atoms with Crippen molar-refractivity contribution in [2.45, 2.75) is 67.7 Å². The van der Waals surface area contributed by atoms with Gasteiger partial charge in [0.25, 0.3) is 0 Å². The lowest BCUT2D eigenvalue weighted by atomic mass is 9.45. The SMILES string of the molecule is CC(C)CC(C)(C)C1(C)CC(C)(C)C1. The smallest absolute Gasteiger partial charge is 0.0264 e. The molecular weight excluding hydrogens is 168 g/mol. The van der Waals surface area contributed by atoms with E-state index in [0.717, 1.165) is 5.92 Å². The highest BCUT2D eigenvalue weighted by atomic mass is 14.6. The molecule has 0 bridgehead atoms. The van der Waals surface area contributed by atoms with Gasteiger partial charge in [0.05, 0.1) is 0 Å². The first kappa shape index (κ1) is 12.1. The quantitative estimate of drug-likeness (QED) is 0.603. The van der Waals surface area contributed by atoms with Crippen LogP contribution in [-0.2, 0) is 0 Å². The summed E-state index contributed by atoms with van der Waals surface area (Å²) in [5.74, 6) is 0.825. The molecule has 0 nitrogen and oxygen atoms in total. The van der Waals surface area contributed by atoms with Gasteiger partial charge in [-0.2, -0.15) is 0 Å². The minimum Gasteiger partial charge on any atom is -0.0628 e. The van der Waals surface area contributed by atoms with E-state index in [4.69, 9.17) is 0 Å². The fourth-order valence-corrected chi connectivity index (χ4v) is 3.81. The fourth-order valence-electron chi connectivity index (χ4n) is 3.81. The van der Waals surface area contributed by atoms with E-state index >= 15 is 0 Å². The zero-order valence-corrected chi connectivity index (χ0v) is 11.2. The van der Waals surface area contributed by atoms with Gasteiger partial charge >= 0.3 is 0 Å². The van der Waals surface area contributed by atoms with Crippen molar-refractivity contribution < 1.29 is 0 Å². The Morgan fingerprint density at radius 2 is 1.50 bits per heavy atom. The highest BCUT2D eigenvalue weighted by Gasteiger charge is 2.53. The highest BCUT2D eigenvalue weighted by Crippen LogP contribution is 2.63. The van der Waals surface area contributed by atoms with Gasteiger partial charge in [0.15, 0.2) is 0 Å². The lowest BCUT2D eigenvalue weighted by Crippen LogP contribution is -2.50. The van der Waals surface area contributed by atoms with Crippen molar-refractivity contribution in [1.29, 1.82) is 0 Å². The number of hydrogen-bond acceptors (Lipinski definition) is 0. The Morgan fingerprint density at radius 1 is 1.07 bits per heavy atom. The van der Waals surface area contributed by atoms with Crippen LogP contribution in [-0.4, -0.2) is 0 Å². The molecule has 1 rings (SSSR count). The Labute approximate surface area is 90.5 Å². The van der Waals surface area contributed by atoms with Crippen LogP contribution in [0.4, 0.5) is 0 Å². The van der Waals surface area contributed by atoms with Crippen LogP contribution in [0.3, 0.4) is 0 Å². The molecule has 84 valence electrons. The molecular formula is C14H28. The molecule has 0 heterocycles. The van der Waals surface area contributed by atoms with E-state index in [9.17, 15) is 0 Å². The van der Waals surface area contributed by atoms with Gasteiger partial charge in [-0.25, -0.2) is 0 Å². The fraction of sp³-hybridized carbons (Fsp3) is 1.00. The van der Waals surface area contributed by atoms with E-state index in [1.165, 1.54) is 19.3 Å². The van der Waals surface area contributed by atoms with Crippen LogP contribution < -0.4 is 0 Å². The second-order valence-electron chi connectivity index (χ2n) is 7.56. The van der Waals surface area contributed by atoms with Gasteiger partial charge in [-0.05, 0) is 41.4 Å². The van der Waals surface area contributed by atoms with Gasteiger partial charge in [-0.1, -0.05) is 48.5 Å². The van der Waals surface area contributed by atoms with E-state index < -0.39 is 0 Å². The molecule has 1 aliphatic rings. The molecule has 1 saturated carbocycles. The van der Waals surface area contributed by atoms with Gasteiger partial charge in [0.2, 0.25) is 0 Å². The molecule has 1 fully saturated rings. The van der Waals surface area contributed by atoms with E-state index in [2.05, 4.69) is 48.5 Å². The van der Waals surface area contributed by atoms with Crippen molar-refractivity contribution in [3.63, 3.8) is 0 Å². The molecule has 0 aromatic heterocycles. The van der Waals surface area contributed by atoms with Crippen LogP contribution in [0.1, 0.15) is 67.7 Å². The lowest BCUT2D eigenvalue weighted by Gasteiger charge is -2.60. The summed E-state index contributed by atoms with van der Waals surface area (Å²) in [7, 11) is 0. The average Bonchev–Trinajstić information content (AvgIpc) is 1.78. The van der Waals surface area contributed by atoms with Gasteiger partial charge in [0, 0.05) is 0 Å². The Kier molecular flexibility index (Phi) is 2.80. The maximum absolute atomic E-state index is 2.49. The van der Waals surface area contributed by atoms with Crippen molar-refractivity contribution in [3.8, 4) is 0 Å². The summed E-state index contributed by atoms with van der Waals surface area (Å²) in [6, 6.07) is 0. The summed E-state index contributed by atoms with van der Waals surface area (Å²) >= 11 is 0. The highest BCUT2D eigenvalue weighted by molar-refractivity contribution is 5.03. The van der Waals surface area contributed by atoms with Crippen LogP contribution in [0.2, 0.25) is 0 Å². The van der Waals surface area contributed by atoms with Crippen molar-refractivity contribution in [3.05, 3.63) is 0 Å². The molecule has 0 aromatic rings. The molecule has 0 aliphatic heterocycles. The molecule has 0 unspecified atom stereocenters. The number of hydrogen-bond donors (Lipinski definition) is 0. The van der Waals surface area contributed by atoms with Crippen LogP contribution in [0.25, 0.3) is 0 Å². The van der Waals surface area contributed by atoms with Crippen LogP contribution in [0.15, 0.2) is 0 Å². The minimum atomic E-state index is 0.511. The topological polar surface area (TPSA) is 0 Å². The van der Waals surface area contributed by atoms with Crippen molar-refractivity contribution in [2.24, 2.45) is 22.2 Å². The molecule has 0 aromatic carbocycles. The zero-order chi connectivity index (χ0) is 11.2. The molecule has 0 amide bonds. The van der Waals surface area contributed by atoms with E-state index in [1.54, 1.807) is 0 Å². The first-order valence-corrected chi connectivity index (χ1v) is 6.08. The Bertz CT molecular complexity index is 191. The van der Waals surface area contributed by atoms with Gasteiger partial charge < -0.3 is 0 Å². The minimum absolute atomic E-state index is 0.511. The third kappa shape index (κ3) is 2.15. The maximum Gasteiger partial charge on any atom is -0.0264 e. The molecule has 14 heavy (non-hydrogen) atoms. The Balaban J connectivity index is 2.65. The third-order valence-electron chi connectivity index (χ3n) is 4.29. The molecule has 0 heteroatoms. The monoisotopic (exact) mass is 196 g/mol. The maximum atomic E-state index is 2.49. The zero-order valence-electron chi connectivity index (χ0n) is 11.2. The van der Waals surface area contributed by atoms with E-state index in [-0.39, 0.29) is 0 Å². The largest absolute Gasteiger partial charge is 0.0628 e. The predicted octanol–water partition coefficient (Wildman–Crippen LogP) is 4.89. The van der Waals surface area contributed by atoms with Crippen molar-refractivity contribution in [2.75, 3.05) is 0 Å². The summed E-state index contributed by atoms with van der Waals surface area (Å²) < 4.78 is 0. The van der Waals surface area contributed by atoms with Crippen LogP contribution >= 0.6 is 0 Å². The van der Waals surface area contributed by atoms with Gasteiger partial charge in [-0.3, -0.25) is 0 Å². The van der Waals surface area contributed by atoms with E-state index in [0.29, 0.717) is 16.2 Å². The van der Waals surface area contributed by atoms with Crippen LogP contribution in [0.5, 0.6) is 0 Å². The second kappa shape index (κ2) is 3.25. The normalized spacial score (nSPS) is 24.9. The van der Waals surface area contributed by atoms with Crippen molar-refractivity contribution >= 4 is 0 Å².